The minimum Gasteiger partial charge on any atom is -0.258 e. The van der Waals surface area contributed by atoms with Gasteiger partial charge < -0.3 is 0 Å². The molecule has 5 rings (SSSR count). The number of para-hydroxylation sites is 1. The SMILES string of the molecule is Cc1ccc(S(=O)(=O)N2CC(c3ccccc3)N(c3ccccc3)N=C2c2ccc([N+](=O)[O-])cc2)cc1. The van der Waals surface area contributed by atoms with Gasteiger partial charge in [-0.2, -0.15) is 5.10 Å². The summed E-state index contributed by atoms with van der Waals surface area (Å²) in [5.41, 5.74) is 3.01. The third kappa shape index (κ3) is 4.81. The molecule has 0 spiro atoms. The lowest BCUT2D eigenvalue weighted by Crippen LogP contribution is -2.48. The minimum absolute atomic E-state index is 0.0878. The number of aryl methyl sites for hydroxylation is 1. The lowest BCUT2D eigenvalue weighted by atomic mass is 10.0. The molecule has 0 amide bonds. The topological polar surface area (TPSA) is 96.1 Å². The molecule has 0 bridgehead atoms. The Bertz CT molecular complexity index is 1540. The number of benzene rings is 4. The van der Waals surface area contributed by atoms with Crippen LogP contribution in [0.5, 0.6) is 0 Å². The molecule has 8 nitrogen and oxygen atoms in total. The third-order valence-electron chi connectivity index (χ3n) is 6.22. The van der Waals surface area contributed by atoms with E-state index in [1.807, 2.05) is 72.6 Å². The van der Waals surface area contributed by atoms with Crippen LogP contribution in [0, 0.1) is 17.0 Å². The van der Waals surface area contributed by atoms with Crippen molar-refractivity contribution in [3.05, 3.63) is 136 Å². The molecule has 4 aromatic rings. The zero-order valence-electron chi connectivity index (χ0n) is 20.0. The molecule has 0 saturated heterocycles. The van der Waals surface area contributed by atoms with Gasteiger partial charge in [0.05, 0.1) is 28.1 Å². The van der Waals surface area contributed by atoms with E-state index in [-0.39, 0.29) is 23.0 Å². The fraction of sp³-hybridized carbons (Fsp3) is 0.107. The van der Waals surface area contributed by atoms with Gasteiger partial charge in [0.15, 0.2) is 5.84 Å². The summed E-state index contributed by atoms with van der Waals surface area (Å²) < 4.78 is 29.3. The molecule has 0 saturated carbocycles. The van der Waals surface area contributed by atoms with Crippen molar-refractivity contribution in [1.29, 1.82) is 0 Å². The molecule has 0 N–H and O–H groups in total. The maximum atomic E-state index is 14.0. The summed E-state index contributed by atoms with van der Waals surface area (Å²) in [6, 6.07) is 31.2. The van der Waals surface area contributed by atoms with Crippen LogP contribution in [-0.2, 0) is 10.0 Å². The molecule has 0 aliphatic carbocycles. The summed E-state index contributed by atoms with van der Waals surface area (Å²) in [5, 5.41) is 17.9. The maximum absolute atomic E-state index is 14.0. The molecule has 1 aliphatic heterocycles. The van der Waals surface area contributed by atoms with Gasteiger partial charge in [0.1, 0.15) is 0 Å². The summed E-state index contributed by atoms with van der Waals surface area (Å²) in [7, 11) is -4.01. The fourth-order valence-corrected chi connectivity index (χ4v) is 5.71. The van der Waals surface area contributed by atoms with Crippen LogP contribution < -0.4 is 5.01 Å². The first-order valence-electron chi connectivity index (χ1n) is 11.7. The number of nitro benzene ring substituents is 1. The van der Waals surface area contributed by atoms with Crippen LogP contribution in [0.4, 0.5) is 11.4 Å². The van der Waals surface area contributed by atoms with Crippen molar-refractivity contribution >= 4 is 27.2 Å². The van der Waals surface area contributed by atoms with Crippen molar-refractivity contribution in [3.8, 4) is 0 Å². The highest BCUT2D eigenvalue weighted by Gasteiger charge is 2.38. The van der Waals surface area contributed by atoms with Gasteiger partial charge in [0.2, 0.25) is 0 Å². The fourth-order valence-electron chi connectivity index (χ4n) is 4.27. The highest BCUT2D eigenvalue weighted by molar-refractivity contribution is 7.89. The molecule has 186 valence electrons. The molecule has 1 heterocycles. The highest BCUT2D eigenvalue weighted by atomic mass is 32.2. The monoisotopic (exact) mass is 512 g/mol. The first-order valence-corrected chi connectivity index (χ1v) is 13.1. The number of sulfonamides is 1. The second-order valence-electron chi connectivity index (χ2n) is 8.68. The predicted octanol–water partition coefficient (Wildman–Crippen LogP) is 5.52. The molecule has 0 fully saturated rings. The number of hydrogen-bond acceptors (Lipinski definition) is 6. The Morgan fingerprint density at radius 1 is 0.838 bits per heavy atom. The van der Waals surface area contributed by atoms with Crippen molar-refractivity contribution in [2.75, 3.05) is 11.6 Å². The van der Waals surface area contributed by atoms with E-state index in [0.717, 1.165) is 16.8 Å². The van der Waals surface area contributed by atoms with E-state index < -0.39 is 21.0 Å². The second-order valence-corrected chi connectivity index (χ2v) is 10.5. The van der Waals surface area contributed by atoms with Crippen molar-refractivity contribution < 1.29 is 13.3 Å². The third-order valence-corrected chi connectivity index (χ3v) is 7.99. The van der Waals surface area contributed by atoms with Crippen molar-refractivity contribution in [2.45, 2.75) is 17.9 Å². The van der Waals surface area contributed by atoms with E-state index in [9.17, 15) is 18.5 Å². The van der Waals surface area contributed by atoms with Crippen LogP contribution in [0.2, 0.25) is 0 Å². The quantitative estimate of drug-likeness (QED) is 0.250. The molecular weight excluding hydrogens is 488 g/mol. The van der Waals surface area contributed by atoms with Gasteiger partial charge in [-0.3, -0.25) is 15.1 Å². The molecular formula is C28H24N4O4S. The van der Waals surface area contributed by atoms with Crippen molar-refractivity contribution in [3.63, 3.8) is 0 Å². The van der Waals surface area contributed by atoms with E-state index in [2.05, 4.69) is 0 Å². The zero-order chi connectivity index (χ0) is 26.0. The number of hydrogen-bond donors (Lipinski definition) is 0. The lowest BCUT2D eigenvalue weighted by molar-refractivity contribution is -0.384. The molecule has 9 heteroatoms. The Morgan fingerprint density at radius 2 is 1.43 bits per heavy atom. The number of anilines is 1. The van der Waals surface area contributed by atoms with E-state index in [1.165, 1.54) is 28.6 Å². The van der Waals surface area contributed by atoms with Crippen molar-refractivity contribution in [2.24, 2.45) is 5.10 Å². The molecule has 0 radical (unpaired) electrons. The van der Waals surface area contributed by atoms with Gasteiger partial charge in [-0.15, -0.1) is 0 Å². The number of non-ortho nitro benzene ring substituents is 1. The summed E-state index contributed by atoms with van der Waals surface area (Å²) >= 11 is 0. The molecule has 1 aliphatic rings. The smallest absolute Gasteiger partial charge is 0.258 e. The summed E-state index contributed by atoms with van der Waals surface area (Å²) in [6.45, 7) is 1.98. The number of rotatable bonds is 6. The van der Waals surface area contributed by atoms with Crippen LogP contribution >= 0.6 is 0 Å². The number of nitro groups is 1. The maximum Gasteiger partial charge on any atom is 0.269 e. The summed E-state index contributed by atoms with van der Waals surface area (Å²) in [4.78, 5) is 10.9. The Labute approximate surface area is 215 Å². The largest absolute Gasteiger partial charge is 0.269 e. The first kappa shape index (κ1) is 24.2. The molecule has 0 aromatic heterocycles. The van der Waals surface area contributed by atoms with Crippen molar-refractivity contribution in [1.82, 2.24) is 4.31 Å². The minimum atomic E-state index is -4.01. The van der Waals surface area contributed by atoms with Gasteiger partial charge in [-0.25, -0.2) is 12.7 Å². The normalized spacial score (nSPS) is 15.8. The van der Waals surface area contributed by atoms with Gasteiger partial charge in [0.25, 0.3) is 15.7 Å². The molecule has 1 atom stereocenters. The lowest BCUT2D eigenvalue weighted by Gasteiger charge is -2.40. The van der Waals surface area contributed by atoms with E-state index in [1.54, 1.807) is 24.3 Å². The van der Waals surface area contributed by atoms with E-state index in [4.69, 9.17) is 5.10 Å². The molecule has 4 aromatic carbocycles. The van der Waals surface area contributed by atoms with Gasteiger partial charge in [-0.1, -0.05) is 66.2 Å². The first-order chi connectivity index (χ1) is 17.8. The second kappa shape index (κ2) is 9.87. The van der Waals surface area contributed by atoms with Crippen LogP contribution in [0.3, 0.4) is 0 Å². The average Bonchev–Trinajstić information content (AvgIpc) is 2.93. The Hall–Kier alpha value is -4.50. The van der Waals surface area contributed by atoms with Crippen LogP contribution in [0.15, 0.2) is 119 Å². The molecule has 37 heavy (non-hydrogen) atoms. The number of hydrazone groups is 1. The highest BCUT2D eigenvalue weighted by Crippen LogP contribution is 2.35. The van der Waals surface area contributed by atoms with E-state index in [0.29, 0.717) is 5.56 Å². The Morgan fingerprint density at radius 3 is 2.03 bits per heavy atom. The predicted molar refractivity (Wildman–Crippen MR) is 143 cm³/mol. The standard InChI is InChI=1S/C28H24N4O4S/c1-21-12-18-26(19-13-21)37(35,36)30-20-27(22-8-4-2-5-9-22)31(24-10-6-3-7-11-24)29-28(30)23-14-16-25(17-15-23)32(33)34/h2-19,27H,20H2,1H3. The van der Waals surface area contributed by atoms with Gasteiger partial charge in [-0.05, 0) is 48.9 Å². The summed E-state index contributed by atoms with van der Waals surface area (Å²) in [5.74, 6) is 0.187. The van der Waals surface area contributed by atoms with Crippen LogP contribution in [-0.4, -0.2) is 30.0 Å². The summed E-state index contributed by atoms with van der Waals surface area (Å²) in [6.07, 6.45) is 0. The van der Waals surface area contributed by atoms with Gasteiger partial charge in [0, 0.05) is 17.7 Å². The van der Waals surface area contributed by atoms with E-state index >= 15 is 0 Å². The molecule has 1 unspecified atom stereocenters. The van der Waals surface area contributed by atoms with Gasteiger partial charge >= 0.3 is 0 Å². The Balaban J connectivity index is 1.71. The zero-order valence-corrected chi connectivity index (χ0v) is 20.8. The van der Waals surface area contributed by atoms with Crippen LogP contribution in [0.25, 0.3) is 0 Å². The van der Waals surface area contributed by atoms with Crippen LogP contribution in [0.1, 0.15) is 22.7 Å². The number of amidine groups is 1. The number of nitrogens with zero attached hydrogens (tertiary/aromatic N) is 4. The Kier molecular flexibility index (Phi) is 6.45. The average molecular weight is 513 g/mol.